The van der Waals surface area contributed by atoms with E-state index in [1.54, 1.807) is 0 Å². The van der Waals surface area contributed by atoms with Crippen molar-refractivity contribution < 1.29 is 0 Å². The number of anilines is 1. The van der Waals surface area contributed by atoms with Crippen LogP contribution in [-0.4, -0.2) is 0 Å². The molecule has 0 amide bonds. The molecular formula is C23H23N. The first kappa shape index (κ1) is 16.1. The van der Waals surface area contributed by atoms with Gasteiger partial charge in [0.15, 0.2) is 0 Å². The molecule has 0 spiro atoms. The van der Waals surface area contributed by atoms with Crippen molar-refractivity contribution in [3.63, 3.8) is 0 Å². The molecule has 0 aliphatic heterocycles. The maximum atomic E-state index is 6.42. The van der Waals surface area contributed by atoms with E-state index < -0.39 is 0 Å². The van der Waals surface area contributed by atoms with E-state index in [4.69, 9.17) is 5.73 Å². The molecule has 0 radical (unpaired) electrons. The zero-order chi connectivity index (χ0) is 16.9. The Labute approximate surface area is 144 Å². The molecule has 3 aromatic rings. The monoisotopic (exact) mass is 313 g/mol. The van der Waals surface area contributed by atoms with Crippen LogP contribution in [0, 0.1) is 13.8 Å². The van der Waals surface area contributed by atoms with Gasteiger partial charge in [0.25, 0.3) is 0 Å². The van der Waals surface area contributed by atoms with Crippen LogP contribution in [0.3, 0.4) is 0 Å². The Morgan fingerprint density at radius 1 is 0.875 bits per heavy atom. The number of benzene rings is 3. The van der Waals surface area contributed by atoms with Crippen LogP contribution < -0.4 is 5.73 Å². The molecular weight excluding hydrogens is 290 g/mol. The number of allylic oxidation sites excluding steroid dienone is 1. The summed E-state index contributed by atoms with van der Waals surface area (Å²) in [6.07, 6.45) is 3.17. The van der Waals surface area contributed by atoms with Crippen molar-refractivity contribution in [3.05, 3.63) is 107 Å². The third-order valence-corrected chi connectivity index (χ3v) is 4.29. The average molecular weight is 313 g/mol. The van der Waals surface area contributed by atoms with Crippen LogP contribution in [0.4, 0.5) is 5.69 Å². The van der Waals surface area contributed by atoms with Gasteiger partial charge >= 0.3 is 0 Å². The van der Waals surface area contributed by atoms with E-state index in [0.29, 0.717) is 0 Å². The second kappa shape index (κ2) is 7.18. The van der Waals surface area contributed by atoms with Gasteiger partial charge in [-0.25, -0.2) is 0 Å². The lowest BCUT2D eigenvalue weighted by atomic mass is 9.92. The molecule has 0 saturated carbocycles. The zero-order valence-corrected chi connectivity index (χ0v) is 14.3. The smallest absolute Gasteiger partial charge is 0.0423 e. The molecule has 0 aliphatic rings. The molecule has 1 nitrogen and oxygen atoms in total. The van der Waals surface area contributed by atoms with Gasteiger partial charge in [-0.15, -0.1) is 0 Å². The summed E-state index contributed by atoms with van der Waals surface area (Å²) >= 11 is 0. The van der Waals surface area contributed by atoms with Crippen molar-refractivity contribution in [2.45, 2.75) is 20.3 Å². The highest BCUT2D eigenvalue weighted by Crippen LogP contribution is 2.31. The predicted molar refractivity (Wildman–Crippen MR) is 104 cm³/mol. The van der Waals surface area contributed by atoms with Crippen molar-refractivity contribution in [1.82, 2.24) is 0 Å². The van der Waals surface area contributed by atoms with E-state index in [9.17, 15) is 0 Å². The Bertz CT molecular complexity index is 846. The molecule has 0 unspecified atom stereocenters. The summed E-state index contributed by atoms with van der Waals surface area (Å²) in [6, 6.07) is 25.3. The van der Waals surface area contributed by atoms with Gasteiger partial charge in [0.1, 0.15) is 0 Å². The van der Waals surface area contributed by atoms with Gasteiger partial charge in [0, 0.05) is 11.3 Å². The van der Waals surface area contributed by atoms with E-state index in [1.807, 2.05) is 12.1 Å². The van der Waals surface area contributed by atoms with E-state index in [1.165, 1.54) is 22.3 Å². The van der Waals surface area contributed by atoms with E-state index in [0.717, 1.165) is 23.2 Å². The molecule has 0 fully saturated rings. The summed E-state index contributed by atoms with van der Waals surface area (Å²) in [5, 5.41) is 0. The molecule has 2 N–H and O–H groups in total. The van der Waals surface area contributed by atoms with Crippen LogP contribution in [0.5, 0.6) is 0 Å². The van der Waals surface area contributed by atoms with Gasteiger partial charge in [-0.3, -0.25) is 0 Å². The minimum atomic E-state index is 0.865. The SMILES string of the molecule is Cc1cc(C)c(N)c(C(=CCc2ccccc2)c2ccccc2)c1. The lowest BCUT2D eigenvalue weighted by molar-refractivity contribution is 1.26. The average Bonchev–Trinajstić information content (AvgIpc) is 2.61. The highest BCUT2D eigenvalue weighted by Gasteiger charge is 2.11. The van der Waals surface area contributed by atoms with Crippen LogP contribution >= 0.6 is 0 Å². The lowest BCUT2D eigenvalue weighted by Crippen LogP contribution is -2.00. The number of aryl methyl sites for hydroxylation is 2. The van der Waals surface area contributed by atoms with Crippen molar-refractivity contribution in [2.75, 3.05) is 5.73 Å². The number of nitrogens with two attached hydrogens (primary N) is 1. The number of hydrogen-bond donors (Lipinski definition) is 1. The number of hydrogen-bond acceptors (Lipinski definition) is 1. The summed E-state index contributed by atoms with van der Waals surface area (Å²) < 4.78 is 0. The molecule has 0 aliphatic carbocycles. The van der Waals surface area contributed by atoms with Gasteiger partial charge in [0.2, 0.25) is 0 Å². The summed E-state index contributed by atoms with van der Waals surface area (Å²) in [6.45, 7) is 4.20. The molecule has 0 atom stereocenters. The second-order valence-corrected chi connectivity index (χ2v) is 6.22. The summed E-state index contributed by atoms with van der Waals surface area (Å²) in [5.74, 6) is 0. The quantitative estimate of drug-likeness (QED) is 0.627. The normalized spacial score (nSPS) is 11.5. The van der Waals surface area contributed by atoms with E-state index >= 15 is 0 Å². The molecule has 24 heavy (non-hydrogen) atoms. The Morgan fingerprint density at radius 3 is 2.17 bits per heavy atom. The van der Waals surface area contributed by atoms with Crippen LogP contribution in [0.25, 0.3) is 5.57 Å². The van der Waals surface area contributed by atoms with Crippen molar-refractivity contribution in [1.29, 1.82) is 0 Å². The Hall–Kier alpha value is -2.80. The molecule has 0 heterocycles. The number of nitrogen functional groups attached to an aromatic ring is 1. The maximum absolute atomic E-state index is 6.42. The summed E-state index contributed by atoms with van der Waals surface area (Å²) in [5.41, 5.74) is 14.5. The second-order valence-electron chi connectivity index (χ2n) is 6.22. The van der Waals surface area contributed by atoms with E-state index in [2.05, 4.69) is 80.6 Å². The van der Waals surface area contributed by atoms with Crippen molar-refractivity contribution >= 4 is 11.3 Å². The van der Waals surface area contributed by atoms with E-state index in [-0.39, 0.29) is 0 Å². The summed E-state index contributed by atoms with van der Waals surface area (Å²) in [7, 11) is 0. The largest absolute Gasteiger partial charge is 0.398 e. The third-order valence-electron chi connectivity index (χ3n) is 4.29. The highest BCUT2D eigenvalue weighted by atomic mass is 14.6. The maximum Gasteiger partial charge on any atom is 0.0423 e. The number of rotatable bonds is 4. The fraction of sp³-hybridized carbons (Fsp3) is 0.130. The molecule has 0 aromatic heterocycles. The molecule has 3 aromatic carbocycles. The van der Waals surface area contributed by atoms with Crippen molar-refractivity contribution in [3.8, 4) is 0 Å². The van der Waals surface area contributed by atoms with Gasteiger partial charge < -0.3 is 5.73 Å². The van der Waals surface area contributed by atoms with Gasteiger partial charge in [0.05, 0.1) is 0 Å². The minimum absolute atomic E-state index is 0.865. The fourth-order valence-electron chi connectivity index (χ4n) is 3.04. The van der Waals surface area contributed by atoms with Gasteiger partial charge in [-0.1, -0.05) is 78.4 Å². The minimum Gasteiger partial charge on any atom is -0.398 e. The van der Waals surface area contributed by atoms with Crippen molar-refractivity contribution in [2.24, 2.45) is 0 Å². The molecule has 0 bridgehead atoms. The Balaban J connectivity index is 2.10. The highest BCUT2D eigenvalue weighted by molar-refractivity contribution is 5.86. The van der Waals surface area contributed by atoms with Crippen LogP contribution in [0.15, 0.2) is 78.9 Å². The van der Waals surface area contributed by atoms with Crippen LogP contribution in [0.2, 0.25) is 0 Å². The van der Waals surface area contributed by atoms with Gasteiger partial charge in [-0.05, 0) is 48.6 Å². The molecule has 0 saturated heterocycles. The van der Waals surface area contributed by atoms with Gasteiger partial charge in [-0.2, -0.15) is 0 Å². The first-order chi connectivity index (χ1) is 11.6. The zero-order valence-electron chi connectivity index (χ0n) is 14.3. The Kier molecular flexibility index (Phi) is 4.81. The van der Waals surface area contributed by atoms with Crippen LogP contribution in [-0.2, 0) is 6.42 Å². The standard InChI is InChI=1S/C23H23N/c1-17-15-18(2)23(24)22(16-17)21(20-11-7-4-8-12-20)14-13-19-9-5-3-6-10-19/h3-12,14-16H,13,24H2,1-2H3. The molecule has 120 valence electrons. The predicted octanol–water partition coefficient (Wildman–Crippen LogP) is 5.56. The lowest BCUT2D eigenvalue weighted by Gasteiger charge is -2.15. The summed E-state index contributed by atoms with van der Waals surface area (Å²) in [4.78, 5) is 0. The Morgan fingerprint density at radius 2 is 1.50 bits per heavy atom. The third kappa shape index (κ3) is 3.57. The molecule has 1 heteroatoms. The van der Waals surface area contributed by atoms with Crippen LogP contribution in [0.1, 0.15) is 27.8 Å². The first-order valence-electron chi connectivity index (χ1n) is 8.32. The molecule has 3 rings (SSSR count). The first-order valence-corrected chi connectivity index (χ1v) is 8.32. The topological polar surface area (TPSA) is 26.0 Å². The fourth-order valence-corrected chi connectivity index (χ4v) is 3.04.